The number of fused-ring (bicyclic) bond motifs is 1. The molecule has 2 aromatic heterocycles. The van der Waals surface area contributed by atoms with E-state index >= 15 is 0 Å². The van der Waals surface area contributed by atoms with Crippen molar-refractivity contribution in [3.05, 3.63) is 64.7 Å². The van der Waals surface area contributed by atoms with E-state index in [-0.39, 0.29) is 23.7 Å². The fourth-order valence-electron chi connectivity index (χ4n) is 2.35. The van der Waals surface area contributed by atoms with Gasteiger partial charge in [-0.1, -0.05) is 6.07 Å². The van der Waals surface area contributed by atoms with Gasteiger partial charge in [0.1, 0.15) is 0 Å². The average Bonchev–Trinajstić information content (AvgIpc) is 2.57. The molecule has 0 unspecified atom stereocenters. The Balaban J connectivity index is 1.72. The predicted octanol–water partition coefficient (Wildman–Crippen LogP) is 2.26. The molecule has 3 aromatic rings. The first-order valence-electron chi connectivity index (χ1n) is 7.48. The first kappa shape index (κ1) is 15.7. The van der Waals surface area contributed by atoms with Crippen LogP contribution in [0, 0.1) is 6.92 Å². The summed E-state index contributed by atoms with van der Waals surface area (Å²) >= 11 is 0. The van der Waals surface area contributed by atoms with E-state index in [0.29, 0.717) is 5.69 Å². The van der Waals surface area contributed by atoms with E-state index in [9.17, 15) is 9.59 Å². The van der Waals surface area contributed by atoms with E-state index in [4.69, 9.17) is 4.74 Å². The van der Waals surface area contributed by atoms with E-state index in [1.165, 1.54) is 6.07 Å². The number of ether oxygens (including phenoxy) is 1. The van der Waals surface area contributed by atoms with Gasteiger partial charge in [0.2, 0.25) is 5.43 Å². The first-order valence-corrected chi connectivity index (χ1v) is 7.48. The summed E-state index contributed by atoms with van der Waals surface area (Å²) in [5.74, 6) is -0.188. The molecule has 24 heavy (non-hydrogen) atoms. The lowest BCUT2D eigenvalue weighted by atomic mass is 10.2. The summed E-state index contributed by atoms with van der Waals surface area (Å²) in [5, 5.41) is 3.63. The Morgan fingerprint density at radius 3 is 2.96 bits per heavy atom. The molecule has 0 saturated heterocycles. The van der Waals surface area contributed by atoms with Crippen LogP contribution >= 0.6 is 0 Å². The number of anilines is 1. The van der Waals surface area contributed by atoms with Crippen LogP contribution in [0.15, 0.2) is 53.6 Å². The number of aromatic nitrogens is 2. The van der Waals surface area contributed by atoms with Gasteiger partial charge in [0, 0.05) is 36.6 Å². The number of hydrogen-bond donors (Lipinski definition) is 1. The summed E-state index contributed by atoms with van der Waals surface area (Å²) < 4.78 is 7.13. The third-order valence-electron chi connectivity index (χ3n) is 3.73. The van der Waals surface area contributed by atoms with Crippen LogP contribution in [0.1, 0.15) is 5.69 Å². The average molecular weight is 323 g/mol. The zero-order valence-electron chi connectivity index (χ0n) is 13.4. The number of nitrogens with one attached hydrogen (secondary N) is 1. The van der Waals surface area contributed by atoms with Gasteiger partial charge in [-0.25, -0.2) is 0 Å². The molecule has 1 N–H and O–H groups in total. The number of carbonyl (C=O) groups is 1. The van der Waals surface area contributed by atoms with Gasteiger partial charge in [-0.15, -0.1) is 0 Å². The number of hydrogen-bond acceptors (Lipinski definition) is 4. The molecule has 1 aromatic carbocycles. The number of rotatable bonds is 4. The molecule has 6 heteroatoms. The first-order chi connectivity index (χ1) is 11.5. The van der Waals surface area contributed by atoms with Gasteiger partial charge in [-0.05, 0) is 31.2 Å². The summed E-state index contributed by atoms with van der Waals surface area (Å²) in [7, 11) is 1.81. The smallest absolute Gasteiger partial charge is 0.262 e. The molecule has 0 spiro atoms. The predicted molar refractivity (Wildman–Crippen MR) is 92.3 cm³/mol. The third-order valence-corrected chi connectivity index (χ3v) is 3.73. The third kappa shape index (κ3) is 3.27. The summed E-state index contributed by atoms with van der Waals surface area (Å²) in [6, 6.07) is 10.7. The molecule has 0 bridgehead atoms. The van der Waals surface area contributed by atoms with Crippen LogP contribution in [0.4, 0.5) is 5.69 Å². The van der Waals surface area contributed by atoms with Crippen LogP contribution in [-0.4, -0.2) is 22.1 Å². The normalized spacial score (nSPS) is 10.6. The van der Waals surface area contributed by atoms with Crippen molar-refractivity contribution >= 4 is 22.5 Å². The maximum Gasteiger partial charge on any atom is 0.262 e. The summed E-state index contributed by atoms with van der Waals surface area (Å²) in [5.41, 5.74) is 2.03. The van der Waals surface area contributed by atoms with Crippen LogP contribution < -0.4 is 15.5 Å². The van der Waals surface area contributed by atoms with Crippen LogP contribution in [-0.2, 0) is 11.8 Å². The van der Waals surface area contributed by atoms with Crippen molar-refractivity contribution in [2.45, 2.75) is 6.92 Å². The van der Waals surface area contributed by atoms with Crippen LogP contribution in [0.2, 0.25) is 0 Å². The number of carbonyl (C=O) groups excluding carboxylic acids is 1. The highest BCUT2D eigenvalue weighted by molar-refractivity contribution is 6.01. The maximum absolute atomic E-state index is 12.1. The Kier molecular flexibility index (Phi) is 4.29. The van der Waals surface area contributed by atoms with Gasteiger partial charge < -0.3 is 14.6 Å². The number of pyridine rings is 2. The summed E-state index contributed by atoms with van der Waals surface area (Å²) in [4.78, 5) is 28.2. The zero-order valence-corrected chi connectivity index (χ0v) is 13.4. The molecule has 2 heterocycles. The topological polar surface area (TPSA) is 73.2 Å². The zero-order chi connectivity index (χ0) is 17.1. The van der Waals surface area contributed by atoms with E-state index in [0.717, 1.165) is 16.6 Å². The van der Waals surface area contributed by atoms with E-state index in [2.05, 4.69) is 10.3 Å². The van der Waals surface area contributed by atoms with Crippen molar-refractivity contribution in [3.63, 3.8) is 0 Å². The molecular weight excluding hydrogens is 306 g/mol. The van der Waals surface area contributed by atoms with Crippen molar-refractivity contribution in [2.75, 3.05) is 11.9 Å². The van der Waals surface area contributed by atoms with Gasteiger partial charge in [-0.2, -0.15) is 0 Å². The van der Waals surface area contributed by atoms with Crippen molar-refractivity contribution < 1.29 is 9.53 Å². The van der Waals surface area contributed by atoms with Gasteiger partial charge >= 0.3 is 0 Å². The van der Waals surface area contributed by atoms with Gasteiger partial charge in [0.15, 0.2) is 12.4 Å². The minimum Gasteiger partial charge on any atom is -0.478 e. The second kappa shape index (κ2) is 6.54. The van der Waals surface area contributed by atoms with Gasteiger partial charge in [0.25, 0.3) is 5.91 Å². The number of benzene rings is 1. The number of aryl methyl sites for hydroxylation is 2. The molecule has 1 amide bonds. The fraction of sp³-hybridized carbons (Fsp3) is 0.167. The monoisotopic (exact) mass is 323 g/mol. The van der Waals surface area contributed by atoms with E-state index < -0.39 is 0 Å². The Labute approximate surface area is 138 Å². The van der Waals surface area contributed by atoms with Crippen molar-refractivity contribution in [1.82, 2.24) is 9.55 Å². The Bertz CT molecular complexity index is 958. The van der Waals surface area contributed by atoms with E-state index in [1.807, 2.05) is 38.2 Å². The van der Waals surface area contributed by atoms with Crippen molar-refractivity contribution in [2.24, 2.45) is 7.05 Å². The quantitative estimate of drug-likeness (QED) is 0.799. The minimum absolute atomic E-state index is 0.151. The SMILES string of the molecule is Cc1cc(=O)c(OCC(=O)Nc2cccc3ncccc23)cn1C. The van der Waals surface area contributed by atoms with E-state index in [1.54, 1.807) is 23.0 Å². The maximum atomic E-state index is 12.1. The molecule has 0 saturated carbocycles. The highest BCUT2D eigenvalue weighted by atomic mass is 16.5. The number of amides is 1. The van der Waals surface area contributed by atoms with Crippen LogP contribution in [0.25, 0.3) is 10.9 Å². The molecule has 122 valence electrons. The molecule has 3 rings (SSSR count). The van der Waals surface area contributed by atoms with Crippen LogP contribution in [0.5, 0.6) is 5.75 Å². The van der Waals surface area contributed by atoms with Crippen molar-refractivity contribution in [3.8, 4) is 5.75 Å². The molecule has 0 aliphatic rings. The highest BCUT2D eigenvalue weighted by Crippen LogP contribution is 2.21. The highest BCUT2D eigenvalue weighted by Gasteiger charge is 2.09. The molecule has 0 atom stereocenters. The largest absolute Gasteiger partial charge is 0.478 e. The molecule has 0 radical (unpaired) electrons. The summed E-state index contributed by atoms with van der Waals surface area (Å²) in [6.45, 7) is 1.58. The molecule has 0 aliphatic carbocycles. The van der Waals surface area contributed by atoms with Crippen molar-refractivity contribution in [1.29, 1.82) is 0 Å². The van der Waals surface area contributed by atoms with Gasteiger partial charge in [-0.3, -0.25) is 14.6 Å². The molecule has 0 fully saturated rings. The standard InChI is InChI=1S/C18H17N3O3/c1-12-9-16(22)17(10-21(12)2)24-11-18(23)20-15-7-3-6-14-13(15)5-4-8-19-14/h3-10H,11H2,1-2H3,(H,20,23). The molecule has 6 nitrogen and oxygen atoms in total. The molecule has 0 aliphatic heterocycles. The molecular formula is C18H17N3O3. The number of nitrogens with zero attached hydrogens (tertiary/aromatic N) is 2. The Morgan fingerprint density at radius 2 is 2.12 bits per heavy atom. The lowest BCUT2D eigenvalue weighted by Crippen LogP contribution is -2.23. The Hall–Kier alpha value is -3.15. The van der Waals surface area contributed by atoms with Gasteiger partial charge in [0.05, 0.1) is 11.2 Å². The van der Waals surface area contributed by atoms with Crippen LogP contribution in [0.3, 0.4) is 0 Å². The minimum atomic E-state index is -0.339. The Morgan fingerprint density at radius 1 is 1.29 bits per heavy atom. The lowest BCUT2D eigenvalue weighted by Gasteiger charge is -2.10. The second-order valence-corrected chi connectivity index (χ2v) is 5.47. The fourth-order valence-corrected chi connectivity index (χ4v) is 2.35. The second-order valence-electron chi connectivity index (χ2n) is 5.47. The lowest BCUT2D eigenvalue weighted by molar-refractivity contribution is -0.118. The summed E-state index contributed by atoms with van der Waals surface area (Å²) in [6.07, 6.45) is 3.27.